The van der Waals surface area contributed by atoms with Gasteiger partial charge in [0.05, 0.1) is 6.10 Å². The van der Waals surface area contributed by atoms with Crippen LogP contribution in [0.15, 0.2) is 16.5 Å². The minimum Gasteiger partial charge on any atom is -0.388 e. The largest absolute Gasteiger partial charge is 0.388 e. The van der Waals surface area contributed by atoms with Crippen molar-refractivity contribution in [1.82, 2.24) is 0 Å². The third-order valence-electron chi connectivity index (χ3n) is 4.92. The first-order valence-corrected chi connectivity index (χ1v) is 15.1. The van der Waals surface area contributed by atoms with Crippen LogP contribution in [0.1, 0.15) is 46.5 Å². The monoisotopic (exact) mass is 334 g/mol. The summed E-state index contributed by atoms with van der Waals surface area (Å²) in [5.41, 5.74) is 8.25. The second-order valence-electron chi connectivity index (χ2n) is 9.16. The van der Waals surface area contributed by atoms with E-state index in [9.17, 15) is 5.11 Å². The van der Waals surface area contributed by atoms with Crippen LogP contribution in [-0.4, -0.2) is 27.4 Å². The van der Waals surface area contributed by atoms with Crippen LogP contribution in [0.2, 0.25) is 37.8 Å². The second-order valence-corrected chi connectivity index (χ2v) is 19.2. The van der Waals surface area contributed by atoms with Crippen molar-refractivity contribution < 1.29 is 5.11 Å². The fraction of sp³-hybridized carbons (Fsp3) is 0.737. The molecule has 124 valence electrons. The van der Waals surface area contributed by atoms with Crippen molar-refractivity contribution in [1.29, 1.82) is 0 Å². The standard InChI is InChI=1S/C19H34OSi2/c1-19(2,3)22(7,8)17(13-14-21(4,5)6)15-16-11-9-10-12-18(16)20/h18,20H,9-12H2,1-8H3/t15?,18-/m1/s1. The Morgan fingerprint density at radius 2 is 1.68 bits per heavy atom. The van der Waals surface area contributed by atoms with E-state index in [1.807, 2.05) is 0 Å². The molecule has 1 aliphatic carbocycles. The third-order valence-corrected chi connectivity index (χ3v) is 11.0. The van der Waals surface area contributed by atoms with Gasteiger partial charge in [-0.1, -0.05) is 65.8 Å². The molecule has 0 unspecified atom stereocenters. The molecule has 0 aromatic heterocycles. The lowest BCUT2D eigenvalue weighted by atomic mass is 9.93. The number of hydrogen-bond donors (Lipinski definition) is 1. The predicted octanol–water partition coefficient (Wildman–Crippen LogP) is 5.30. The Labute approximate surface area is 139 Å². The van der Waals surface area contributed by atoms with Crippen molar-refractivity contribution in [2.75, 3.05) is 0 Å². The fourth-order valence-electron chi connectivity index (χ4n) is 2.27. The van der Waals surface area contributed by atoms with Crippen molar-refractivity contribution in [3.63, 3.8) is 0 Å². The van der Waals surface area contributed by atoms with Crippen LogP contribution in [0.4, 0.5) is 0 Å². The van der Waals surface area contributed by atoms with Crippen LogP contribution < -0.4 is 0 Å². The molecule has 0 saturated heterocycles. The summed E-state index contributed by atoms with van der Waals surface area (Å²) in [5, 5.41) is 11.7. The Bertz CT molecular complexity index is 526. The lowest BCUT2D eigenvalue weighted by Crippen LogP contribution is -2.39. The Balaban J connectivity index is 3.46. The summed E-state index contributed by atoms with van der Waals surface area (Å²) in [5.74, 6) is 3.52. The summed E-state index contributed by atoms with van der Waals surface area (Å²) >= 11 is 0. The fourth-order valence-corrected chi connectivity index (χ4v) is 4.49. The zero-order valence-electron chi connectivity index (χ0n) is 15.9. The highest BCUT2D eigenvalue weighted by Crippen LogP contribution is 2.40. The molecule has 0 amide bonds. The Hall–Kier alpha value is -0.526. The smallest absolute Gasteiger partial charge is 0.129 e. The van der Waals surface area contributed by atoms with Crippen molar-refractivity contribution in [3.05, 3.63) is 16.5 Å². The highest BCUT2D eigenvalue weighted by molar-refractivity contribution is 6.88. The van der Waals surface area contributed by atoms with E-state index >= 15 is 0 Å². The van der Waals surface area contributed by atoms with E-state index in [0.717, 1.165) is 24.8 Å². The molecule has 0 aromatic carbocycles. The molecule has 0 spiro atoms. The first-order chi connectivity index (χ1) is 9.84. The molecule has 0 aromatic rings. The lowest BCUT2D eigenvalue weighted by Gasteiger charge is -2.36. The van der Waals surface area contributed by atoms with Gasteiger partial charge in [-0.2, -0.15) is 0 Å². The van der Waals surface area contributed by atoms with Gasteiger partial charge in [-0.3, -0.25) is 0 Å². The van der Waals surface area contributed by atoms with Gasteiger partial charge >= 0.3 is 0 Å². The number of aliphatic hydroxyl groups excluding tert-OH is 1. The van der Waals surface area contributed by atoms with Gasteiger partial charge in [-0.25, -0.2) is 0 Å². The average molecular weight is 335 g/mol. The van der Waals surface area contributed by atoms with Crippen molar-refractivity contribution in [2.24, 2.45) is 0 Å². The first kappa shape index (κ1) is 19.5. The van der Waals surface area contributed by atoms with Crippen LogP contribution in [-0.2, 0) is 0 Å². The zero-order valence-corrected chi connectivity index (χ0v) is 17.9. The van der Waals surface area contributed by atoms with Gasteiger partial charge in [0.2, 0.25) is 0 Å². The van der Waals surface area contributed by atoms with Gasteiger partial charge in [0.25, 0.3) is 0 Å². The molecule has 1 atom stereocenters. The molecular formula is C19H34OSi2. The normalized spacial score (nSPS) is 20.0. The van der Waals surface area contributed by atoms with Crippen molar-refractivity contribution in [2.45, 2.75) is 90.3 Å². The molecule has 1 nitrogen and oxygen atoms in total. The second kappa shape index (κ2) is 6.93. The molecule has 1 aliphatic rings. The highest BCUT2D eigenvalue weighted by Gasteiger charge is 2.38. The molecule has 1 rings (SSSR count). The Kier molecular flexibility index (Phi) is 6.15. The summed E-state index contributed by atoms with van der Waals surface area (Å²) in [6, 6.07) is 0. The third kappa shape index (κ3) is 5.28. The van der Waals surface area contributed by atoms with Gasteiger partial charge in [-0.05, 0) is 24.3 Å². The molecule has 0 bridgehead atoms. The summed E-state index contributed by atoms with van der Waals surface area (Å²) in [7, 11) is -3.14. The van der Waals surface area contributed by atoms with Gasteiger partial charge in [-0.15, -0.1) is 11.3 Å². The summed E-state index contributed by atoms with van der Waals surface area (Å²) < 4.78 is 0. The van der Waals surface area contributed by atoms with Crippen LogP contribution in [0, 0.1) is 11.5 Å². The lowest BCUT2D eigenvalue weighted by molar-refractivity contribution is 0.179. The van der Waals surface area contributed by atoms with Gasteiger partial charge < -0.3 is 5.11 Å². The molecule has 1 saturated carbocycles. The number of aliphatic hydroxyl groups is 1. The van der Waals surface area contributed by atoms with E-state index in [0.29, 0.717) is 0 Å². The van der Waals surface area contributed by atoms with E-state index in [1.165, 1.54) is 11.6 Å². The Morgan fingerprint density at radius 1 is 1.09 bits per heavy atom. The predicted molar refractivity (Wildman–Crippen MR) is 103 cm³/mol. The molecule has 0 aliphatic heterocycles. The quantitative estimate of drug-likeness (QED) is 0.392. The van der Waals surface area contributed by atoms with E-state index in [2.05, 4.69) is 70.7 Å². The summed E-state index contributed by atoms with van der Waals surface area (Å²) in [6.45, 7) is 18.6. The van der Waals surface area contributed by atoms with Crippen molar-refractivity contribution >= 4 is 16.1 Å². The summed E-state index contributed by atoms with van der Waals surface area (Å²) in [6.07, 6.45) is 3.86. The van der Waals surface area contributed by atoms with Gasteiger partial charge in [0.1, 0.15) is 16.1 Å². The number of rotatable bonds is 1. The zero-order chi connectivity index (χ0) is 17.2. The van der Waals surface area contributed by atoms with Crippen LogP contribution in [0.3, 0.4) is 0 Å². The highest BCUT2D eigenvalue weighted by atomic mass is 28.3. The molecule has 22 heavy (non-hydrogen) atoms. The SMILES string of the molecule is CC(C)(C)[Si](C)(C)C(=C=C1CCCC[C@H]1O)C#C[Si](C)(C)C. The first-order valence-electron chi connectivity index (χ1n) is 8.56. The van der Waals surface area contributed by atoms with E-state index in [-0.39, 0.29) is 11.1 Å². The van der Waals surface area contributed by atoms with E-state index in [1.54, 1.807) is 0 Å². The number of hydrogen-bond acceptors (Lipinski definition) is 1. The minimum atomic E-state index is -1.73. The van der Waals surface area contributed by atoms with Gasteiger partial charge in [0, 0.05) is 10.8 Å². The molecule has 0 radical (unpaired) electrons. The topological polar surface area (TPSA) is 20.2 Å². The molecule has 1 N–H and O–H groups in total. The van der Waals surface area contributed by atoms with E-state index < -0.39 is 16.1 Å². The maximum atomic E-state index is 10.3. The van der Waals surface area contributed by atoms with Crippen LogP contribution >= 0.6 is 0 Å². The Morgan fingerprint density at radius 3 is 2.14 bits per heavy atom. The van der Waals surface area contributed by atoms with Crippen LogP contribution in [0.25, 0.3) is 0 Å². The van der Waals surface area contributed by atoms with Gasteiger partial charge in [0.15, 0.2) is 0 Å². The molecule has 0 heterocycles. The minimum absolute atomic E-state index is 0.240. The summed E-state index contributed by atoms with van der Waals surface area (Å²) in [4.78, 5) is 0. The molecular weight excluding hydrogens is 300 g/mol. The maximum Gasteiger partial charge on any atom is 0.129 e. The van der Waals surface area contributed by atoms with Crippen molar-refractivity contribution in [3.8, 4) is 11.5 Å². The van der Waals surface area contributed by atoms with Crippen LogP contribution in [0.5, 0.6) is 0 Å². The van der Waals surface area contributed by atoms with E-state index in [4.69, 9.17) is 0 Å². The maximum absolute atomic E-state index is 10.3. The molecule has 1 fully saturated rings. The average Bonchev–Trinajstić information content (AvgIpc) is 2.33. The molecule has 3 heteroatoms.